The van der Waals surface area contributed by atoms with E-state index in [1.807, 2.05) is 0 Å². The first-order chi connectivity index (χ1) is 12.1. The lowest BCUT2D eigenvalue weighted by atomic mass is 9.85. The highest BCUT2D eigenvalue weighted by Gasteiger charge is 2.28. The van der Waals surface area contributed by atoms with E-state index in [0.29, 0.717) is 23.8 Å². The third kappa shape index (κ3) is 5.18. The summed E-state index contributed by atoms with van der Waals surface area (Å²) >= 11 is 0. The van der Waals surface area contributed by atoms with Crippen molar-refractivity contribution in [3.8, 4) is 0 Å². The molecule has 0 unspecified atom stereocenters. The highest BCUT2D eigenvalue weighted by Crippen LogP contribution is 2.29. The molecule has 6 heteroatoms. The Morgan fingerprint density at radius 2 is 1.80 bits per heavy atom. The topological polar surface area (TPSA) is 97.1 Å². The molecule has 2 fully saturated rings. The number of carbonyl (C=O) groups is 2. The van der Waals surface area contributed by atoms with Crippen LogP contribution in [0.4, 0.5) is 11.5 Å². The van der Waals surface area contributed by atoms with Crippen LogP contribution >= 0.6 is 0 Å². The third-order valence-corrected chi connectivity index (χ3v) is 5.47. The van der Waals surface area contributed by atoms with Gasteiger partial charge in [-0.15, -0.1) is 0 Å². The number of amides is 2. The van der Waals surface area contributed by atoms with Crippen LogP contribution in [0.25, 0.3) is 0 Å². The van der Waals surface area contributed by atoms with Gasteiger partial charge in [-0.2, -0.15) is 0 Å². The van der Waals surface area contributed by atoms with Crippen LogP contribution in [0.15, 0.2) is 18.3 Å². The van der Waals surface area contributed by atoms with Crippen molar-refractivity contribution in [3.63, 3.8) is 0 Å². The molecule has 3 rings (SSSR count). The van der Waals surface area contributed by atoms with Gasteiger partial charge in [-0.05, 0) is 56.6 Å². The largest absolute Gasteiger partial charge is 0.384 e. The molecule has 0 atom stereocenters. The predicted molar refractivity (Wildman–Crippen MR) is 97.7 cm³/mol. The highest BCUT2D eigenvalue weighted by atomic mass is 16.2. The van der Waals surface area contributed by atoms with Crippen molar-refractivity contribution in [1.82, 2.24) is 10.3 Å². The normalized spacial score (nSPS) is 24.0. The second kappa shape index (κ2) is 8.32. The summed E-state index contributed by atoms with van der Waals surface area (Å²) in [4.78, 5) is 28.5. The maximum absolute atomic E-state index is 12.4. The van der Waals surface area contributed by atoms with Gasteiger partial charge >= 0.3 is 0 Å². The number of pyridine rings is 1. The van der Waals surface area contributed by atoms with Crippen molar-refractivity contribution in [2.75, 3.05) is 11.1 Å². The zero-order valence-electron chi connectivity index (χ0n) is 14.7. The van der Waals surface area contributed by atoms with Gasteiger partial charge in [0.2, 0.25) is 11.8 Å². The Morgan fingerprint density at radius 1 is 1.08 bits per heavy atom. The lowest BCUT2D eigenvalue weighted by Gasteiger charge is -2.28. The average Bonchev–Trinajstić information content (AvgIpc) is 3.10. The first-order valence-electron chi connectivity index (χ1n) is 9.42. The highest BCUT2D eigenvalue weighted by molar-refractivity contribution is 5.92. The van der Waals surface area contributed by atoms with Gasteiger partial charge < -0.3 is 16.4 Å². The van der Waals surface area contributed by atoms with Crippen molar-refractivity contribution >= 4 is 23.3 Å². The summed E-state index contributed by atoms with van der Waals surface area (Å²) < 4.78 is 0. The average molecular weight is 344 g/mol. The number of anilines is 2. The predicted octanol–water partition coefficient (Wildman–Crippen LogP) is 2.86. The fraction of sp³-hybridized carbons (Fsp3) is 0.632. The van der Waals surface area contributed by atoms with Crippen LogP contribution in [-0.4, -0.2) is 22.8 Å². The number of aromatic nitrogens is 1. The van der Waals surface area contributed by atoms with Crippen LogP contribution in [0, 0.1) is 11.8 Å². The zero-order valence-corrected chi connectivity index (χ0v) is 14.7. The van der Waals surface area contributed by atoms with Gasteiger partial charge in [-0.1, -0.05) is 12.8 Å². The molecule has 2 saturated carbocycles. The number of carbonyl (C=O) groups excluding carboxylic acids is 2. The van der Waals surface area contributed by atoms with Gasteiger partial charge in [0.05, 0.1) is 11.9 Å². The fourth-order valence-corrected chi connectivity index (χ4v) is 3.99. The van der Waals surface area contributed by atoms with Gasteiger partial charge in [0, 0.05) is 18.4 Å². The van der Waals surface area contributed by atoms with Crippen LogP contribution in [0.1, 0.15) is 57.8 Å². The number of nitrogens with two attached hydrogens (primary N) is 1. The number of nitrogens with one attached hydrogen (secondary N) is 2. The van der Waals surface area contributed by atoms with Crippen LogP contribution < -0.4 is 16.4 Å². The second-order valence-electron chi connectivity index (χ2n) is 7.43. The molecule has 0 bridgehead atoms. The van der Waals surface area contributed by atoms with Crippen LogP contribution in [0.5, 0.6) is 0 Å². The Balaban J connectivity index is 1.39. The van der Waals surface area contributed by atoms with Gasteiger partial charge in [0.15, 0.2) is 0 Å². The molecule has 1 aromatic heterocycles. The van der Waals surface area contributed by atoms with Gasteiger partial charge in [-0.25, -0.2) is 4.98 Å². The van der Waals surface area contributed by atoms with Gasteiger partial charge in [-0.3, -0.25) is 9.59 Å². The molecule has 0 radical (unpaired) electrons. The smallest absolute Gasteiger partial charge is 0.227 e. The van der Waals surface area contributed by atoms with Crippen LogP contribution in [0.3, 0.4) is 0 Å². The Kier molecular flexibility index (Phi) is 5.89. The number of hydrogen-bond donors (Lipinski definition) is 3. The monoisotopic (exact) mass is 344 g/mol. The summed E-state index contributed by atoms with van der Waals surface area (Å²) in [6.07, 6.45) is 10.5. The lowest BCUT2D eigenvalue weighted by molar-refractivity contribution is -0.123. The van der Waals surface area contributed by atoms with Crippen LogP contribution in [-0.2, 0) is 9.59 Å². The van der Waals surface area contributed by atoms with E-state index >= 15 is 0 Å². The Bertz CT molecular complexity index is 588. The minimum absolute atomic E-state index is 0.000497. The van der Waals surface area contributed by atoms with E-state index in [4.69, 9.17) is 5.73 Å². The summed E-state index contributed by atoms with van der Waals surface area (Å²) in [5, 5.41) is 6.06. The second-order valence-corrected chi connectivity index (χ2v) is 7.43. The molecular weight excluding hydrogens is 316 g/mol. The number of nitrogens with zero attached hydrogens (tertiary/aromatic N) is 1. The van der Waals surface area contributed by atoms with Crippen molar-refractivity contribution in [2.45, 2.75) is 63.8 Å². The maximum atomic E-state index is 12.4. The fourth-order valence-electron chi connectivity index (χ4n) is 3.99. The van der Waals surface area contributed by atoms with E-state index in [1.165, 1.54) is 25.7 Å². The summed E-state index contributed by atoms with van der Waals surface area (Å²) in [6.45, 7) is 0. The quantitative estimate of drug-likeness (QED) is 0.765. The SMILES string of the molecule is Nc1ccc(NC(=O)C2CCC(NC(=O)CC3CCCC3)CC2)cn1. The molecule has 0 spiro atoms. The number of hydrogen-bond acceptors (Lipinski definition) is 4. The molecule has 0 aliphatic heterocycles. The molecule has 2 aliphatic carbocycles. The Labute approximate surface area is 149 Å². The third-order valence-electron chi connectivity index (χ3n) is 5.47. The van der Waals surface area contributed by atoms with Gasteiger partial charge in [0.25, 0.3) is 0 Å². The maximum Gasteiger partial charge on any atom is 0.227 e. The van der Waals surface area contributed by atoms with Crippen molar-refractivity contribution in [2.24, 2.45) is 11.8 Å². The molecule has 2 amide bonds. The molecule has 6 nitrogen and oxygen atoms in total. The zero-order chi connectivity index (χ0) is 17.6. The summed E-state index contributed by atoms with van der Waals surface area (Å²) in [5.74, 6) is 1.23. The molecule has 136 valence electrons. The Morgan fingerprint density at radius 3 is 2.44 bits per heavy atom. The molecule has 4 N–H and O–H groups in total. The molecule has 1 heterocycles. The Hall–Kier alpha value is -2.11. The molecule has 25 heavy (non-hydrogen) atoms. The van der Waals surface area contributed by atoms with Crippen molar-refractivity contribution in [3.05, 3.63) is 18.3 Å². The number of nitrogen functional groups attached to an aromatic ring is 1. The minimum atomic E-state index is 0.000497. The number of rotatable bonds is 5. The first-order valence-corrected chi connectivity index (χ1v) is 9.42. The van der Waals surface area contributed by atoms with Crippen molar-refractivity contribution in [1.29, 1.82) is 0 Å². The summed E-state index contributed by atoms with van der Waals surface area (Å²) in [6, 6.07) is 3.65. The van der Waals surface area contributed by atoms with E-state index in [9.17, 15) is 9.59 Å². The van der Waals surface area contributed by atoms with E-state index in [1.54, 1.807) is 18.3 Å². The van der Waals surface area contributed by atoms with Gasteiger partial charge in [0.1, 0.15) is 5.82 Å². The molecule has 1 aromatic rings. The minimum Gasteiger partial charge on any atom is -0.384 e. The van der Waals surface area contributed by atoms with E-state index in [2.05, 4.69) is 15.6 Å². The molecule has 0 aromatic carbocycles. The van der Waals surface area contributed by atoms with Crippen molar-refractivity contribution < 1.29 is 9.59 Å². The first kappa shape index (κ1) is 17.7. The van der Waals surface area contributed by atoms with E-state index < -0.39 is 0 Å². The van der Waals surface area contributed by atoms with E-state index in [0.717, 1.165) is 25.7 Å². The summed E-state index contributed by atoms with van der Waals surface area (Å²) in [5.41, 5.74) is 6.22. The van der Waals surface area contributed by atoms with Crippen LogP contribution in [0.2, 0.25) is 0 Å². The summed E-state index contributed by atoms with van der Waals surface area (Å²) in [7, 11) is 0. The lowest BCUT2D eigenvalue weighted by Crippen LogP contribution is -2.40. The van der Waals surface area contributed by atoms with E-state index in [-0.39, 0.29) is 23.8 Å². The standard InChI is InChI=1S/C19H28N4O2/c20-17-10-9-16(12-21-17)23-19(25)14-5-7-15(8-6-14)22-18(24)11-13-3-1-2-4-13/h9-10,12-15H,1-8,11H2,(H2,20,21)(H,22,24)(H,23,25). The molecule has 0 saturated heterocycles. The molecular formula is C19H28N4O2. The molecule has 2 aliphatic rings.